The van der Waals surface area contributed by atoms with E-state index >= 15 is 0 Å². The minimum absolute atomic E-state index is 0.0447. The van der Waals surface area contributed by atoms with Gasteiger partial charge in [0.05, 0.1) is 16.0 Å². The molecule has 5 nitrogen and oxygen atoms in total. The van der Waals surface area contributed by atoms with E-state index in [0.717, 1.165) is 4.47 Å². The van der Waals surface area contributed by atoms with Gasteiger partial charge in [0, 0.05) is 28.8 Å². The zero-order valence-corrected chi connectivity index (χ0v) is 13.4. The van der Waals surface area contributed by atoms with E-state index < -0.39 is 4.92 Å². The first kappa shape index (κ1) is 15.6. The Hall–Kier alpha value is -1.79. The van der Waals surface area contributed by atoms with Crippen LogP contribution in [0.1, 0.15) is 6.92 Å². The van der Waals surface area contributed by atoms with Crippen LogP contribution in [-0.2, 0) is 0 Å². The Kier molecular flexibility index (Phi) is 5.03. The van der Waals surface area contributed by atoms with Gasteiger partial charge in [0.1, 0.15) is 11.5 Å². The van der Waals surface area contributed by atoms with Crippen molar-refractivity contribution in [1.82, 2.24) is 0 Å². The molecule has 0 saturated carbocycles. The summed E-state index contributed by atoms with van der Waals surface area (Å²) >= 11 is 9.38. The standard InChI is InChI=1S/C14H12BrClN2O3/c1-2-17-10-6-11(18(19)20)8-12(7-10)21-14-4-3-9(15)5-13(14)16/h3-8,17H,2H2,1H3. The molecule has 110 valence electrons. The van der Waals surface area contributed by atoms with E-state index in [1.165, 1.54) is 12.1 Å². The third-order valence-electron chi connectivity index (χ3n) is 2.60. The van der Waals surface area contributed by atoms with Crippen LogP contribution in [0.3, 0.4) is 0 Å². The molecule has 0 fully saturated rings. The molecule has 0 aliphatic rings. The maximum Gasteiger partial charge on any atom is 0.275 e. The van der Waals surface area contributed by atoms with Crippen molar-refractivity contribution in [2.24, 2.45) is 0 Å². The van der Waals surface area contributed by atoms with Gasteiger partial charge >= 0.3 is 0 Å². The molecule has 0 radical (unpaired) electrons. The number of nitrogens with one attached hydrogen (secondary N) is 1. The van der Waals surface area contributed by atoms with Crippen LogP contribution >= 0.6 is 27.5 Å². The number of non-ortho nitro benzene ring substituents is 1. The van der Waals surface area contributed by atoms with Crippen molar-refractivity contribution < 1.29 is 9.66 Å². The van der Waals surface area contributed by atoms with Gasteiger partial charge < -0.3 is 10.1 Å². The number of hydrogen-bond acceptors (Lipinski definition) is 4. The second-order valence-electron chi connectivity index (χ2n) is 4.18. The van der Waals surface area contributed by atoms with Crippen LogP contribution in [-0.4, -0.2) is 11.5 Å². The van der Waals surface area contributed by atoms with Gasteiger partial charge in [-0.1, -0.05) is 27.5 Å². The molecule has 0 aromatic heterocycles. The fraction of sp³-hybridized carbons (Fsp3) is 0.143. The second-order valence-corrected chi connectivity index (χ2v) is 5.50. The number of halogens is 2. The summed E-state index contributed by atoms with van der Waals surface area (Å²) in [7, 11) is 0. The number of rotatable bonds is 5. The van der Waals surface area contributed by atoms with Crippen molar-refractivity contribution in [1.29, 1.82) is 0 Å². The summed E-state index contributed by atoms with van der Waals surface area (Å²) in [5.74, 6) is 0.784. The number of anilines is 1. The summed E-state index contributed by atoms with van der Waals surface area (Å²) in [5.41, 5.74) is 0.576. The molecule has 0 aliphatic carbocycles. The van der Waals surface area contributed by atoms with E-state index in [9.17, 15) is 10.1 Å². The predicted octanol–water partition coefficient (Wildman–Crippen LogP) is 5.23. The molecular weight excluding hydrogens is 360 g/mol. The topological polar surface area (TPSA) is 64.4 Å². The molecule has 0 amide bonds. The van der Waals surface area contributed by atoms with Crippen LogP contribution in [0.5, 0.6) is 11.5 Å². The van der Waals surface area contributed by atoms with Crippen LogP contribution in [0.25, 0.3) is 0 Å². The van der Waals surface area contributed by atoms with E-state index in [0.29, 0.717) is 28.8 Å². The number of hydrogen-bond donors (Lipinski definition) is 1. The highest BCUT2D eigenvalue weighted by Gasteiger charge is 2.12. The Morgan fingerprint density at radius 2 is 2.10 bits per heavy atom. The maximum atomic E-state index is 11.0. The molecule has 7 heteroatoms. The quantitative estimate of drug-likeness (QED) is 0.577. The number of benzene rings is 2. The highest BCUT2D eigenvalue weighted by atomic mass is 79.9. The van der Waals surface area contributed by atoms with E-state index in [4.69, 9.17) is 16.3 Å². The molecule has 0 spiro atoms. The Morgan fingerprint density at radius 1 is 1.33 bits per heavy atom. The summed E-state index contributed by atoms with van der Waals surface area (Å²) in [6, 6.07) is 9.68. The molecule has 0 unspecified atom stereocenters. The van der Waals surface area contributed by atoms with Gasteiger partial charge in [0.2, 0.25) is 0 Å². The van der Waals surface area contributed by atoms with E-state index in [-0.39, 0.29) is 5.69 Å². The van der Waals surface area contributed by atoms with Crippen molar-refractivity contribution in [2.75, 3.05) is 11.9 Å². The summed E-state index contributed by atoms with van der Waals surface area (Å²) in [5, 5.41) is 14.4. The smallest absolute Gasteiger partial charge is 0.275 e. The molecule has 2 aromatic carbocycles. The number of ether oxygens (including phenoxy) is 1. The largest absolute Gasteiger partial charge is 0.455 e. The maximum absolute atomic E-state index is 11.0. The zero-order valence-electron chi connectivity index (χ0n) is 11.1. The first-order valence-electron chi connectivity index (χ1n) is 6.16. The minimum atomic E-state index is -0.461. The Balaban J connectivity index is 2.36. The van der Waals surface area contributed by atoms with Gasteiger partial charge in [0.15, 0.2) is 0 Å². The fourth-order valence-electron chi connectivity index (χ4n) is 1.74. The Labute approximate surface area is 135 Å². The van der Waals surface area contributed by atoms with Crippen LogP contribution in [0.4, 0.5) is 11.4 Å². The molecule has 2 aromatic rings. The van der Waals surface area contributed by atoms with Gasteiger partial charge in [0.25, 0.3) is 5.69 Å². The minimum Gasteiger partial charge on any atom is -0.455 e. The summed E-state index contributed by atoms with van der Waals surface area (Å²) < 4.78 is 6.47. The monoisotopic (exact) mass is 370 g/mol. The molecule has 0 heterocycles. The molecule has 2 rings (SSSR count). The van der Waals surface area contributed by atoms with Crippen molar-refractivity contribution in [3.63, 3.8) is 0 Å². The first-order chi connectivity index (χ1) is 9.99. The average Bonchev–Trinajstić information content (AvgIpc) is 2.42. The predicted molar refractivity (Wildman–Crippen MR) is 86.5 cm³/mol. The lowest BCUT2D eigenvalue weighted by Gasteiger charge is -2.10. The molecular formula is C14H12BrClN2O3. The Morgan fingerprint density at radius 3 is 2.71 bits per heavy atom. The van der Waals surface area contributed by atoms with Gasteiger partial charge in [-0.15, -0.1) is 0 Å². The summed E-state index contributed by atoms with van der Waals surface area (Å²) in [4.78, 5) is 10.5. The van der Waals surface area contributed by atoms with Crippen molar-refractivity contribution >= 4 is 38.9 Å². The molecule has 0 bridgehead atoms. The molecule has 0 aliphatic heterocycles. The van der Waals surface area contributed by atoms with E-state index in [1.54, 1.807) is 24.3 Å². The lowest BCUT2D eigenvalue weighted by atomic mass is 10.2. The van der Waals surface area contributed by atoms with Crippen molar-refractivity contribution in [3.05, 3.63) is 56.0 Å². The van der Waals surface area contributed by atoms with Crippen LogP contribution in [0.2, 0.25) is 5.02 Å². The van der Waals surface area contributed by atoms with Gasteiger partial charge in [-0.2, -0.15) is 0 Å². The second kappa shape index (κ2) is 6.78. The van der Waals surface area contributed by atoms with Crippen LogP contribution in [0, 0.1) is 10.1 Å². The summed E-state index contributed by atoms with van der Waals surface area (Å²) in [6.07, 6.45) is 0. The highest BCUT2D eigenvalue weighted by molar-refractivity contribution is 9.10. The fourth-order valence-corrected chi connectivity index (χ4v) is 2.45. The SMILES string of the molecule is CCNc1cc(Oc2ccc(Br)cc2Cl)cc([N+](=O)[O-])c1. The lowest BCUT2D eigenvalue weighted by molar-refractivity contribution is -0.384. The Bertz CT molecular complexity index is 679. The normalized spacial score (nSPS) is 10.2. The van der Waals surface area contributed by atoms with Crippen molar-refractivity contribution in [2.45, 2.75) is 6.92 Å². The number of nitro benzene ring substituents is 1. The van der Waals surface area contributed by atoms with Gasteiger partial charge in [-0.05, 0) is 25.1 Å². The average molecular weight is 372 g/mol. The van der Waals surface area contributed by atoms with Crippen LogP contribution < -0.4 is 10.1 Å². The lowest BCUT2D eigenvalue weighted by Crippen LogP contribution is -1.98. The third kappa shape index (κ3) is 4.09. The number of nitrogens with zero attached hydrogens (tertiary/aromatic N) is 1. The third-order valence-corrected chi connectivity index (χ3v) is 3.39. The van der Waals surface area contributed by atoms with E-state index in [1.807, 2.05) is 6.92 Å². The zero-order chi connectivity index (χ0) is 15.4. The van der Waals surface area contributed by atoms with Gasteiger partial charge in [-0.3, -0.25) is 10.1 Å². The van der Waals surface area contributed by atoms with Crippen molar-refractivity contribution in [3.8, 4) is 11.5 Å². The van der Waals surface area contributed by atoms with Gasteiger partial charge in [-0.25, -0.2) is 0 Å². The first-order valence-corrected chi connectivity index (χ1v) is 7.33. The van der Waals surface area contributed by atoms with E-state index in [2.05, 4.69) is 21.2 Å². The molecule has 0 atom stereocenters. The summed E-state index contributed by atoms with van der Waals surface area (Å²) in [6.45, 7) is 2.56. The molecule has 0 saturated heterocycles. The molecule has 21 heavy (non-hydrogen) atoms. The van der Waals surface area contributed by atoms with Crippen LogP contribution in [0.15, 0.2) is 40.9 Å². The highest BCUT2D eigenvalue weighted by Crippen LogP contribution is 2.34. The molecule has 1 N–H and O–H groups in total. The number of nitro groups is 1.